The standard InChI is InChI=1S/C10H15N5/c1-14-6-9(5-13-14)2-3-15-7-10(4-11)12-8-15/h5-8H,2-4,11H2,1H3. The van der Waals surface area contributed by atoms with E-state index in [0.717, 1.165) is 18.7 Å². The van der Waals surface area contributed by atoms with Crippen LogP contribution in [0.4, 0.5) is 0 Å². The molecule has 2 rings (SSSR count). The summed E-state index contributed by atoms with van der Waals surface area (Å²) in [4.78, 5) is 4.17. The summed E-state index contributed by atoms with van der Waals surface area (Å²) in [7, 11) is 1.92. The molecule has 0 saturated heterocycles. The van der Waals surface area contributed by atoms with Gasteiger partial charge in [0, 0.05) is 32.5 Å². The molecule has 0 spiro atoms. The Morgan fingerprint density at radius 1 is 1.40 bits per heavy atom. The number of hydrogen-bond acceptors (Lipinski definition) is 3. The van der Waals surface area contributed by atoms with E-state index < -0.39 is 0 Å². The molecule has 0 unspecified atom stereocenters. The number of nitrogens with two attached hydrogens (primary N) is 1. The molecule has 0 amide bonds. The Labute approximate surface area is 88.5 Å². The zero-order chi connectivity index (χ0) is 10.7. The number of imidazole rings is 1. The fraction of sp³-hybridized carbons (Fsp3) is 0.400. The zero-order valence-corrected chi connectivity index (χ0v) is 8.80. The summed E-state index contributed by atoms with van der Waals surface area (Å²) in [6, 6.07) is 0. The maximum atomic E-state index is 5.48. The summed E-state index contributed by atoms with van der Waals surface area (Å²) in [5.41, 5.74) is 7.65. The number of aromatic nitrogens is 4. The van der Waals surface area contributed by atoms with E-state index in [1.807, 2.05) is 36.6 Å². The molecular weight excluding hydrogens is 190 g/mol. The minimum Gasteiger partial charge on any atom is -0.337 e. The molecular formula is C10H15N5. The van der Waals surface area contributed by atoms with Gasteiger partial charge in [-0.15, -0.1) is 0 Å². The van der Waals surface area contributed by atoms with Crippen molar-refractivity contribution < 1.29 is 0 Å². The lowest BCUT2D eigenvalue weighted by Crippen LogP contribution is -1.99. The highest BCUT2D eigenvalue weighted by molar-refractivity contribution is 5.04. The minimum absolute atomic E-state index is 0.500. The van der Waals surface area contributed by atoms with Crippen molar-refractivity contribution in [2.24, 2.45) is 12.8 Å². The Bertz CT molecular complexity index is 428. The van der Waals surface area contributed by atoms with Crippen LogP contribution >= 0.6 is 0 Å². The van der Waals surface area contributed by atoms with E-state index in [1.54, 1.807) is 0 Å². The molecule has 2 heterocycles. The van der Waals surface area contributed by atoms with Crippen LogP contribution in [-0.2, 0) is 26.6 Å². The van der Waals surface area contributed by atoms with Crippen LogP contribution in [0, 0.1) is 0 Å². The normalized spacial score (nSPS) is 10.8. The Balaban J connectivity index is 1.93. The molecule has 5 heteroatoms. The summed E-state index contributed by atoms with van der Waals surface area (Å²) in [6.45, 7) is 1.42. The first-order chi connectivity index (χ1) is 7.28. The van der Waals surface area contributed by atoms with E-state index in [1.165, 1.54) is 5.56 Å². The lowest BCUT2D eigenvalue weighted by atomic mass is 10.2. The van der Waals surface area contributed by atoms with Crippen LogP contribution < -0.4 is 5.73 Å². The van der Waals surface area contributed by atoms with E-state index in [0.29, 0.717) is 6.54 Å². The van der Waals surface area contributed by atoms with Gasteiger partial charge in [-0.2, -0.15) is 5.10 Å². The van der Waals surface area contributed by atoms with Crippen LogP contribution in [0.5, 0.6) is 0 Å². The largest absolute Gasteiger partial charge is 0.337 e. The first-order valence-electron chi connectivity index (χ1n) is 4.96. The Morgan fingerprint density at radius 2 is 2.27 bits per heavy atom. The molecule has 0 aromatic carbocycles. The highest BCUT2D eigenvalue weighted by atomic mass is 15.2. The van der Waals surface area contributed by atoms with Crippen molar-refractivity contribution in [3.8, 4) is 0 Å². The van der Waals surface area contributed by atoms with Crippen molar-refractivity contribution >= 4 is 0 Å². The summed E-state index contributed by atoms with van der Waals surface area (Å²) >= 11 is 0. The summed E-state index contributed by atoms with van der Waals surface area (Å²) < 4.78 is 3.86. The van der Waals surface area contributed by atoms with Gasteiger partial charge in [0.05, 0.1) is 18.2 Å². The monoisotopic (exact) mass is 205 g/mol. The maximum Gasteiger partial charge on any atom is 0.0950 e. The van der Waals surface area contributed by atoms with Crippen LogP contribution in [-0.4, -0.2) is 19.3 Å². The molecule has 2 aromatic rings. The van der Waals surface area contributed by atoms with Crippen molar-refractivity contribution in [1.29, 1.82) is 0 Å². The summed E-state index contributed by atoms with van der Waals surface area (Å²) in [5.74, 6) is 0. The summed E-state index contributed by atoms with van der Waals surface area (Å²) in [5, 5.41) is 4.12. The van der Waals surface area contributed by atoms with Crippen molar-refractivity contribution in [2.45, 2.75) is 19.5 Å². The van der Waals surface area contributed by atoms with Crippen molar-refractivity contribution in [3.63, 3.8) is 0 Å². The quantitative estimate of drug-likeness (QED) is 0.781. The number of rotatable bonds is 4. The van der Waals surface area contributed by atoms with E-state index in [-0.39, 0.29) is 0 Å². The third kappa shape index (κ3) is 2.44. The van der Waals surface area contributed by atoms with Gasteiger partial charge in [-0.3, -0.25) is 4.68 Å². The zero-order valence-electron chi connectivity index (χ0n) is 8.80. The van der Waals surface area contributed by atoms with Crippen LogP contribution in [0.15, 0.2) is 24.9 Å². The SMILES string of the molecule is Cn1cc(CCn2cnc(CN)c2)cn1. The highest BCUT2D eigenvalue weighted by Gasteiger charge is 1.99. The molecule has 80 valence electrons. The minimum atomic E-state index is 0.500. The van der Waals surface area contributed by atoms with Gasteiger partial charge in [0.2, 0.25) is 0 Å². The second-order valence-electron chi connectivity index (χ2n) is 3.58. The smallest absolute Gasteiger partial charge is 0.0950 e. The highest BCUT2D eigenvalue weighted by Crippen LogP contribution is 2.01. The molecule has 0 bridgehead atoms. The molecule has 2 N–H and O–H groups in total. The van der Waals surface area contributed by atoms with E-state index in [9.17, 15) is 0 Å². The lowest BCUT2D eigenvalue weighted by Gasteiger charge is -1.98. The van der Waals surface area contributed by atoms with Crippen LogP contribution in [0.2, 0.25) is 0 Å². The molecule has 0 aliphatic carbocycles. The second kappa shape index (κ2) is 4.27. The van der Waals surface area contributed by atoms with Gasteiger partial charge in [-0.1, -0.05) is 0 Å². The predicted octanol–water partition coefficient (Wildman–Crippen LogP) is 0.318. The first-order valence-corrected chi connectivity index (χ1v) is 4.96. The van der Waals surface area contributed by atoms with Gasteiger partial charge in [0.1, 0.15) is 0 Å². The van der Waals surface area contributed by atoms with E-state index in [2.05, 4.69) is 14.6 Å². The Morgan fingerprint density at radius 3 is 2.87 bits per heavy atom. The topological polar surface area (TPSA) is 61.7 Å². The lowest BCUT2D eigenvalue weighted by molar-refractivity contribution is 0.693. The van der Waals surface area contributed by atoms with Crippen LogP contribution in [0.1, 0.15) is 11.3 Å². The molecule has 0 aliphatic heterocycles. The molecule has 0 atom stereocenters. The molecule has 0 aliphatic rings. The Hall–Kier alpha value is -1.62. The third-order valence-corrected chi connectivity index (χ3v) is 2.31. The predicted molar refractivity (Wildman–Crippen MR) is 57.0 cm³/mol. The molecule has 2 aromatic heterocycles. The second-order valence-corrected chi connectivity index (χ2v) is 3.58. The van der Waals surface area contributed by atoms with Gasteiger partial charge in [-0.05, 0) is 12.0 Å². The van der Waals surface area contributed by atoms with Gasteiger partial charge in [0.25, 0.3) is 0 Å². The summed E-state index contributed by atoms with van der Waals surface area (Å²) in [6.07, 6.45) is 8.69. The van der Waals surface area contributed by atoms with Crippen molar-refractivity contribution in [2.75, 3.05) is 0 Å². The van der Waals surface area contributed by atoms with Crippen molar-refractivity contribution in [3.05, 3.63) is 36.2 Å². The molecule has 0 fully saturated rings. The number of hydrogen-bond donors (Lipinski definition) is 1. The van der Waals surface area contributed by atoms with Crippen molar-refractivity contribution in [1.82, 2.24) is 19.3 Å². The van der Waals surface area contributed by atoms with Gasteiger partial charge in [0.15, 0.2) is 0 Å². The first kappa shape index (κ1) is 9.92. The van der Waals surface area contributed by atoms with Crippen LogP contribution in [0.3, 0.4) is 0 Å². The third-order valence-electron chi connectivity index (χ3n) is 2.31. The maximum absolute atomic E-state index is 5.48. The van der Waals surface area contributed by atoms with Gasteiger partial charge < -0.3 is 10.3 Å². The average molecular weight is 205 g/mol. The van der Waals surface area contributed by atoms with E-state index in [4.69, 9.17) is 5.73 Å². The fourth-order valence-electron chi connectivity index (χ4n) is 1.49. The number of aryl methyl sites for hydroxylation is 3. The average Bonchev–Trinajstić information content (AvgIpc) is 2.83. The number of nitrogens with zero attached hydrogens (tertiary/aromatic N) is 4. The van der Waals surface area contributed by atoms with Crippen LogP contribution in [0.25, 0.3) is 0 Å². The Kier molecular flexibility index (Phi) is 2.82. The molecule has 15 heavy (non-hydrogen) atoms. The molecule has 0 saturated carbocycles. The fourth-order valence-corrected chi connectivity index (χ4v) is 1.49. The molecule has 0 radical (unpaired) electrons. The van der Waals surface area contributed by atoms with E-state index >= 15 is 0 Å². The van der Waals surface area contributed by atoms with Gasteiger partial charge in [-0.25, -0.2) is 4.98 Å². The molecule has 5 nitrogen and oxygen atoms in total. The van der Waals surface area contributed by atoms with Gasteiger partial charge >= 0.3 is 0 Å².